The van der Waals surface area contributed by atoms with Crippen molar-refractivity contribution in [1.29, 1.82) is 0 Å². The molecule has 27 heavy (non-hydrogen) atoms. The van der Waals surface area contributed by atoms with Gasteiger partial charge in [-0.2, -0.15) is 0 Å². The Kier molecular flexibility index (Phi) is 6.13. The molecule has 1 amide bonds. The zero-order valence-corrected chi connectivity index (χ0v) is 15.9. The minimum Gasteiger partial charge on any atom is -0.497 e. The molecular formula is C20H20FN3O2S. The molecule has 3 aromatic rings. The molecule has 140 valence electrons. The quantitative estimate of drug-likeness (QED) is 0.630. The summed E-state index contributed by atoms with van der Waals surface area (Å²) in [6.07, 6.45) is 3.54. The van der Waals surface area contributed by atoms with E-state index < -0.39 is 0 Å². The van der Waals surface area contributed by atoms with Crippen LogP contribution in [0.25, 0.3) is 5.69 Å². The molecule has 1 heterocycles. The second kappa shape index (κ2) is 8.73. The van der Waals surface area contributed by atoms with E-state index in [4.69, 9.17) is 4.74 Å². The summed E-state index contributed by atoms with van der Waals surface area (Å²) in [5, 5.41) is 3.56. The number of carbonyl (C=O) groups is 1. The van der Waals surface area contributed by atoms with Crippen molar-refractivity contribution in [2.75, 3.05) is 12.9 Å². The lowest BCUT2D eigenvalue weighted by molar-refractivity contribution is -0.118. The van der Waals surface area contributed by atoms with Crippen LogP contribution in [0.5, 0.6) is 5.75 Å². The van der Waals surface area contributed by atoms with Gasteiger partial charge in [-0.1, -0.05) is 30.0 Å². The van der Waals surface area contributed by atoms with Gasteiger partial charge < -0.3 is 10.1 Å². The number of carbonyl (C=O) groups excluding carboxylic acids is 1. The van der Waals surface area contributed by atoms with Gasteiger partial charge in [-0.25, -0.2) is 9.37 Å². The first kappa shape index (κ1) is 19.0. The highest BCUT2D eigenvalue weighted by Crippen LogP contribution is 2.23. The van der Waals surface area contributed by atoms with E-state index in [0.717, 1.165) is 22.2 Å². The highest BCUT2D eigenvalue weighted by atomic mass is 32.2. The lowest BCUT2D eigenvalue weighted by atomic mass is 10.1. The number of halogens is 1. The second-order valence-electron chi connectivity index (χ2n) is 5.93. The smallest absolute Gasteiger partial charge is 0.230 e. The van der Waals surface area contributed by atoms with Crippen molar-refractivity contribution in [2.24, 2.45) is 0 Å². The van der Waals surface area contributed by atoms with Crippen LogP contribution >= 0.6 is 11.8 Å². The van der Waals surface area contributed by atoms with Gasteiger partial charge in [-0.3, -0.25) is 9.36 Å². The van der Waals surface area contributed by atoms with Gasteiger partial charge in [-0.15, -0.1) is 0 Å². The van der Waals surface area contributed by atoms with Crippen LogP contribution < -0.4 is 10.1 Å². The molecule has 0 unspecified atom stereocenters. The summed E-state index contributed by atoms with van der Waals surface area (Å²) in [4.78, 5) is 16.5. The molecule has 2 aromatic carbocycles. The van der Waals surface area contributed by atoms with Crippen LogP contribution in [0.1, 0.15) is 11.1 Å². The standard InChI is InChI=1S/C20H20FN3O2S/c1-14-10-15(6-7-18(14)21)12-23-19(25)13-27-20-22-8-9-24(20)16-4-3-5-17(11-16)26-2/h3-11H,12-13H2,1-2H3,(H,23,25). The topological polar surface area (TPSA) is 56.2 Å². The zero-order chi connectivity index (χ0) is 19.2. The summed E-state index contributed by atoms with van der Waals surface area (Å²) in [6.45, 7) is 2.07. The number of amides is 1. The predicted molar refractivity (Wildman–Crippen MR) is 104 cm³/mol. The number of nitrogens with zero attached hydrogens (tertiary/aromatic N) is 2. The lowest BCUT2D eigenvalue weighted by Crippen LogP contribution is -2.24. The van der Waals surface area contributed by atoms with Gasteiger partial charge >= 0.3 is 0 Å². The van der Waals surface area contributed by atoms with Crippen molar-refractivity contribution in [2.45, 2.75) is 18.6 Å². The molecule has 0 spiro atoms. The molecule has 1 aromatic heterocycles. The van der Waals surface area contributed by atoms with Gasteiger partial charge in [0.15, 0.2) is 5.16 Å². The average molecular weight is 385 g/mol. The van der Waals surface area contributed by atoms with Crippen LogP contribution in [0, 0.1) is 12.7 Å². The molecule has 5 nitrogen and oxygen atoms in total. The maximum Gasteiger partial charge on any atom is 0.230 e. The van der Waals surface area contributed by atoms with Crippen molar-refractivity contribution >= 4 is 17.7 Å². The molecule has 0 radical (unpaired) electrons. The van der Waals surface area contributed by atoms with Gasteiger partial charge in [0.2, 0.25) is 5.91 Å². The third-order valence-electron chi connectivity index (χ3n) is 3.98. The van der Waals surface area contributed by atoms with Crippen molar-refractivity contribution in [3.63, 3.8) is 0 Å². The predicted octanol–water partition coefficient (Wildman–Crippen LogP) is 3.74. The highest BCUT2D eigenvalue weighted by Gasteiger charge is 2.10. The first-order valence-corrected chi connectivity index (χ1v) is 9.37. The monoisotopic (exact) mass is 385 g/mol. The minimum atomic E-state index is -0.245. The van der Waals surface area contributed by atoms with Crippen molar-refractivity contribution < 1.29 is 13.9 Å². The molecule has 0 aliphatic carbocycles. The van der Waals surface area contributed by atoms with Gasteiger partial charge in [0.05, 0.1) is 18.6 Å². The summed E-state index contributed by atoms with van der Waals surface area (Å²) in [5.41, 5.74) is 2.35. The Hall–Kier alpha value is -2.80. The van der Waals surface area contributed by atoms with E-state index in [0.29, 0.717) is 12.1 Å². The number of aryl methyl sites for hydroxylation is 1. The SMILES string of the molecule is COc1cccc(-n2ccnc2SCC(=O)NCc2ccc(F)c(C)c2)c1. The fourth-order valence-corrected chi connectivity index (χ4v) is 3.35. The number of aromatic nitrogens is 2. The lowest BCUT2D eigenvalue weighted by Gasteiger charge is -2.09. The third-order valence-corrected chi connectivity index (χ3v) is 4.95. The molecule has 0 saturated carbocycles. The molecule has 0 aliphatic rings. The maximum atomic E-state index is 13.3. The third kappa shape index (κ3) is 4.89. The zero-order valence-electron chi connectivity index (χ0n) is 15.1. The van der Waals surface area contributed by atoms with Crippen LogP contribution in [0.4, 0.5) is 4.39 Å². The van der Waals surface area contributed by atoms with E-state index in [2.05, 4.69) is 10.3 Å². The molecule has 0 fully saturated rings. The van der Waals surface area contributed by atoms with E-state index in [1.54, 1.807) is 32.4 Å². The molecule has 3 rings (SSSR count). The van der Waals surface area contributed by atoms with Gasteiger partial charge in [0.1, 0.15) is 11.6 Å². The molecule has 7 heteroatoms. The number of hydrogen-bond acceptors (Lipinski definition) is 4. The van der Waals surface area contributed by atoms with Crippen LogP contribution in [0.3, 0.4) is 0 Å². The maximum absolute atomic E-state index is 13.3. The van der Waals surface area contributed by atoms with E-state index in [-0.39, 0.29) is 17.5 Å². The number of methoxy groups -OCH3 is 1. The Morgan fingerprint density at radius 3 is 2.93 bits per heavy atom. The number of imidazole rings is 1. The first-order valence-electron chi connectivity index (χ1n) is 8.39. The molecule has 1 N–H and O–H groups in total. The van der Waals surface area contributed by atoms with Gasteiger partial charge in [-0.05, 0) is 36.2 Å². The molecule has 0 bridgehead atoms. The highest BCUT2D eigenvalue weighted by molar-refractivity contribution is 7.99. The fourth-order valence-electron chi connectivity index (χ4n) is 2.55. The normalized spacial score (nSPS) is 10.6. The van der Waals surface area contributed by atoms with Crippen LogP contribution in [0.15, 0.2) is 60.0 Å². The average Bonchev–Trinajstić information content (AvgIpc) is 3.16. The van der Waals surface area contributed by atoms with Crippen LogP contribution in [-0.4, -0.2) is 28.3 Å². The van der Waals surface area contributed by atoms with Crippen molar-refractivity contribution in [3.05, 3.63) is 71.8 Å². The second-order valence-corrected chi connectivity index (χ2v) is 6.87. The number of hydrogen-bond donors (Lipinski definition) is 1. The molecule has 0 atom stereocenters. The summed E-state index contributed by atoms with van der Waals surface area (Å²) in [6, 6.07) is 12.5. The number of nitrogens with one attached hydrogen (secondary N) is 1. The van der Waals surface area contributed by atoms with E-state index in [1.807, 2.05) is 35.0 Å². The molecule has 0 saturated heterocycles. The number of ether oxygens (including phenoxy) is 1. The number of rotatable bonds is 7. The Morgan fingerprint density at radius 2 is 2.15 bits per heavy atom. The molecular weight excluding hydrogens is 365 g/mol. The van der Waals surface area contributed by atoms with Crippen LogP contribution in [-0.2, 0) is 11.3 Å². The van der Waals surface area contributed by atoms with E-state index in [9.17, 15) is 9.18 Å². The van der Waals surface area contributed by atoms with E-state index >= 15 is 0 Å². The minimum absolute atomic E-state index is 0.109. The Labute approximate surface area is 161 Å². The summed E-state index contributed by atoms with van der Waals surface area (Å²) < 4.78 is 20.5. The first-order chi connectivity index (χ1) is 13.1. The van der Waals surface area contributed by atoms with E-state index in [1.165, 1.54) is 17.8 Å². The van der Waals surface area contributed by atoms with Crippen molar-refractivity contribution in [3.8, 4) is 11.4 Å². The summed E-state index contributed by atoms with van der Waals surface area (Å²) >= 11 is 1.35. The van der Waals surface area contributed by atoms with Gasteiger partial charge in [0.25, 0.3) is 0 Å². The summed E-state index contributed by atoms with van der Waals surface area (Å²) in [7, 11) is 1.62. The Balaban J connectivity index is 1.58. The Bertz CT molecular complexity index is 942. The van der Waals surface area contributed by atoms with Gasteiger partial charge in [0, 0.05) is 25.0 Å². The number of thioether (sulfide) groups is 1. The molecule has 0 aliphatic heterocycles. The Morgan fingerprint density at radius 1 is 1.30 bits per heavy atom. The largest absolute Gasteiger partial charge is 0.497 e. The van der Waals surface area contributed by atoms with Crippen LogP contribution in [0.2, 0.25) is 0 Å². The fraction of sp³-hybridized carbons (Fsp3) is 0.200. The van der Waals surface area contributed by atoms with Crippen molar-refractivity contribution in [1.82, 2.24) is 14.9 Å². The number of benzene rings is 2. The summed E-state index contributed by atoms with van der Waals surface area (Å²) in [5.74, 6) is 0.637.